The quantitative estimate of drug-likeness (QED) is 0.407. The number of nitrogen functional groups attached to an aromatic ring is 1. The monoisotopic (exact) mass is 554 g/mol. The Labute approximate surface area is 240 Å². The maximum absolute atomic E-state index is 11.9. The Bertz CT molecular complexity index is 1520. The number of rotatable bonds is 4. The second kappa shape index (κ2) is 12.4. The van der Waals surface area contributed by atoms with Crippen molar-refractivity contribution in [1.29, 1.82) is 5.26 Å². The average molecular weight is 555 g/mol. The molecule has 1 saturated heterocycles. The van der Waals surface area contributed by atoms with Crippen LogP contribution in [0.15, 0.2) is 42.5 Å². The average Bonchev–Trinajstić information content (AvgIpc) is 3.12. The van der Waals surface area contributed by atoms with Gasteiger partial charge >= 0.3 is 6.09 Å². The van der Waals surface area contributed by atoms with E-state index in [4.69, 9.17) is 15.5 Å². The Morgan fingerprint density at radius 3 is 2.71 bits per heavy atom. The molecule has 1 amide bonds. The molecule has 1 aliphatic heterocycles. The molecule has 1 aromatic carbocycles. The van der Waals surface area contributed by atoms with Crippen molar-refractivity contribution in [3.05, 3.63) is 53.7 Å². The molecule has 212 valence electrons. The van der Waals surface area contributed by atoms with E-state index in [0.29, 0.717) is 47.2 Å². The number of pyridine rings is 1. The van der Waals surface area contributed by atoms with Crippen LogP contribution in [0.4, 0.5) is 22.1 Å². The highest BCUT2D eigenvalue weighted by Gasteiger charge is 2.25. The van der Waals surface area contributed by atoms with E-state index in [1.54, 1.807) is 45.0 Å². The Hall–Kier alpha value is -5.03. The van der Waals surface area contributed by atoms with Crippen LogP contribution < -0.4 is 20.9 Å². The summed E-state index contributed by atoms with van der Waals surface area (Å²) < 4.78 is 5.22. The fourth-order valence-electron chi connectivity index (χ4n) is 4.46. The van der Waals surface area contributed by atoms with E-state index in [-0.39, 0.29) is 18.3 Å². The first-order valence-corrected chi connectivity index (χ1v) is 13.4. The second-order valence-electron chi connectivity index (χ2n) is 10.7. The third-order valence-electron chi connectivity index (χ3n) is 6.50. The van der Waals surface area contributed by atoms with Gasteiger partial charge in [-0.3, -0.25) is 0 Å². The van der Waals surface area contributed by atoms with Crippen molar-refractivity contribution >= 4 is 23.4 Å². The molecule has 4 rings (SSSR count). The van der Waals surface area contributed by atoms with Crippen molar-refractivity contribution in [3.63, 3.8) is 0 Å². The first-order valence-electron chi connectivity index (χ1n) is 13.4. The Balaban J connectivity index is 1.51. The predicted octanol–water partition coefficient (Wildman–Crippen LogP) is 3.68. The van der Waals surface area contributed by atoms with Crippen LogP contribution in [0.2, 0.25) is 0 Å². The van der Waals surface area contributed by atoms with Gasteiger partial charge in [0.2, 0.25) is 0 Å². The van der Waals surface area contributed by atoms with E-state index in [1.165, 1.54) is 0 Å². The largest absolute Gasteiger partial charge is 0.507 e. The SMILES string of the molecule is C[C@@H]1CCN(c2cc(-c3ccccc3O)nnc2N)CCN1c1ccc(C#N)c(C#CCNC(=O)OC(C)(C)C)n1. The van der Waals surface area contributed by atoms with Gasteiger partial charge in [-0.2, -0.15) is 5.26 Å². The number of alkyl carbamates (subject to hydrolysis) is 1. The van der Waals surface area contributed by atoms with Crippen molar-refractivity contribution in [2.75, 3.05) is 41.7 Å². The number of nitriles is 1. The highest BCUT2D eigenvalue weighted by atomic mass is 16.6. The fourth-order valence-corrected chi connectivity index (χ4v) is 4.46. The summed E-state index contributed by atoms with van der Waals surface area (Å²) in [5, 5.41) is 30.8. The predicted molar refractivity (Wildman–Crippen MR) is 157 cm³/mol. The number of hydrogen-bond donors (Lipinski definition) is 3. The van der Waals surface area contributed by atoms with E-state index in [1.807, 2.05) is 18.2 Å². The van der Waals surface area contributed by atoms with Crippen molar-refractivity contribution in [3.8, 4) is 34.9 Å². The molecule has 0 bridgehead atoms. The number of anilines is 3. The Morgan fingerprint density at radius 1 is 1.20 bits per heavy atom. The van der Waals surface area contributed by atoms with Crippen LogP contribution in [0.5, 0.6) is 5.75 Å². The van der Waals surface area contributed by atoms with Crippen molar-refractivity contribution in [2.45, 2.75) is 45.8 Å². The third-order valence-corrected chi connectivity index (χ3v) is 6.50. The summed E-state index contributed by atoms with van der Waals surface area (Å²) in [5.41, 5.74) is 8.22. The normalized spacial score (nSPS) is 15.2. The first-order chi connectivity index (χ1) is 19.6. The van der Waals surface area contributed by atoms with Gasteiger partial charge in [0.15, 0.2) is 5.82 Å². The zero-order valence-corrected chi connectivity index (χ0v) is 23.7. The lowest BCUT2D eigenvalue weighted by Gasteiger charge is -2.28. The number of para-hydroxylation sites is 1. The van der Waals surface area contributed by atoms with Gasteiger partial charge in [0.05, 0.1) is 23.5 Å². The number of carbonyl (C=O) groups excluding carboxylic acids is 1. The lowest BCUT2D eigenvalue weighted by atomic mass is 10.1. The number of phenolic OH excluding ortho intramolecular Hbond substituents is 1. The summed E-state index contributed by atoms with van der Waals surface area (Å²) in [6, 6.07) is 14.7. The van der Waals surface area contributed by atoms with E-state index in [2.05, 4.69) is 50.1 Å². The number of phenols is 1. The lowest BCUT2D eigenvalue weighted by Crippen LogP contribution is -2.35. The summed E-state index contributed by atoms with van der Waals surface area (Å²) in [6.07, 6.45) is 0.255. The van der Waals surface area contributed by atoms with Crippen molar-refractivity contribution in [1.82, 2.24) is 20.5 Å². The smallest absolute Gasteiger partial charge is 0.408 e. The molecule has 0 unspecified atom stereocenters. The molecule has 1 fully saturated rings. The second-order valence-corrected chi connectivity index (χ2v) is 10.7. The molecule has 3 heterocycles. The van der Waals surface area contributed by atoms with Crippen LogP contribution in [0, 0.1) is 23.2 Å². The summed E-state index contributed by atoms with van der Waals surface area (Å²) in [4.78, 5) is 20.9. The zero-order chi connectivity index (χ0) is 29.6. The number of hydrogen-bond acceptors (Lipinski definition) is 10. The van der Waals surface area contributed by atoms with Crippen molar-refractivity contribution < 1.29 is 14.6 Å². The zero-order valence-electron chi connectivity index (χ0n) is 23.7. The van der Waals surface area contributed by atoms with Crippen LogP contribution in [0.25, 0.3) is 11.3 Å². The molecule has 3 aromatic rings. The molecule has 1 aliphatic rings. The molecule has 0 spiro atoms. The Morgan fingerprint density at radius 2 is 1.98 bits per heavy atom. The van der Waals surface area contributed by atoms with E-state index in [0.717, 1.165) is 18.7 Å². The lowest BCUT2D eigenvalue weighted by molar-refractivity contribution is 0.0535. The molecule has 0 saturated carbocycles. The van der Waals surface area contributed by atoms with Gasteiger partial charge in [-0.15, -0.1) is 10.2 Å². The molecule has 1 atom stereocenters. The number of nitrogens with two attached hydrogens (primary N) is 1. The van der Waals surface area contributed by atoms with Crippen molar-refractivity contribution in [2.24, 2.45) is 0 Å². The molecule has 0 aliphatic carbocycles. The van der Waals surface area contributed by atoms with Gasteiger partial charge in [-0.05, 0) is 70.4 Å². The summed E-state index contributed by atoms with van der Waals surface area (Å²) in [6.45, 7) is 9.55. The number of aromatic nitrogens is 3. The van der Waals surface area contributed by atoms with Gasteiger partial charge in [-0.1, -0.05) is 18.1 Å². The first kappa shape index (κ1) is 29.0. The van der Waals surface area contributed by atoms with E-state index < -0.39 is 11.7 Å². The highest BCUT2D eigenvalue weighted by Crippen LogP contribution is 2.32. The van der Waals surface area contributed by atoms with Gasteiger partial charge in [0, 0.05) is 31.2 Å². The number of carbonyl (C=O) groups is 1. The molecular formula is C30H34N8O3. The minimum Gasteiger partial charge on any atom is -0.507 e. The summed E-state index contributed by atoms with van der Waals surface area (Å²) in [5.74, 6) is 6.93. The number of benzene rings is 1. The molecule has 4 N–H and O–H groups in total. The molecule has 11 heteroatoms. The fraction of sp³-hybridized carbons (Fsp3) is 0.367. The summed E-state index contributed by atoms with van der Waals surface area (Å²) in [7, 11) is 0. The molecular weight excluding hydrogens is 520 g/mol. The molecule has 2 aromatic heterocycles. The summed E-state index contributed by atoms with van der Waals surface area (Å²) >= 11 is 0. The van der Waals surface area contributed by atoms with Crippen LogP contribution in [0.1, 0.15) is 45.4 Å². The van der Waals surface area contributed by atoms with Gasteiger partial charge in [0.25, 0.3) is 0 Å². The third kappa shape index (κ3) is 7.34. The standard InChI is InChI=1S/C30H34N8O3/c1-20-13-15-37(25-18-24(35-36-28(25)32)22-8-5-6-10-26(22)39)16-17-38(20)27-12-11-21(19-31)23(34-27)9-7-14-33-29(40)41-30(2,3)4/h5-6,8,10-12,18,20,39H,13-17H2,1-4H3,(H2,32,36)(H,33,40)/t20-/m1/s1. The van der Waals surface area contributed by atoms with Gasteiger partial charge in [0.1, 0.15) is 28.9 Å². The maximum atomic E-state index is 11.9. The van der Waals surface area contributed by atoms with E-state index in [9.17, 15) is 15.2 Å². The van der Waals surface area contributed by atoms with Crippen LogP contribution in [-0.4, -0.2) is 64.2 Å². The maximum Gasteiger partial charge on any atom is 0.408 e. The number of amides is 1. The van der Waals surface area contributed by atoms with E-state index >= 15 is 0 Å². The molecule has 41 heavy (non-hydrogen) atoms. The molecule has 0 radical (unpaired) electrons. The van der Waals surface area contributed by atoms with Crippen LogP contribution >= 0.6 is 0 Å². The van der Waals surface area contributed by atoms with Gasteiger partial charge in [-0.25, -0.2) is 9.78 Å². The highest BCUT2D eigenvalue weighted by molar-refractivity contribution is 5.74. The number of aromatic hydroxyl groups is 1. The van der Waals surface area contributed by atoms with Gasteiger partial charge < -0.3 is 30.7 Å². The number of ether oxygens (including phenoxy) is 1. The number of nitrogens with one attached hydrogen (secondary N) is 1. The number of nitrogens with zero attached hydrogens (tertiary/aromatic N) is 6. The van der Waals surface area contributed by atoms with Crippen LogP contribution in [-0.2, 0) is 4.74 Å². The minimum absolute atomic E-state index is 0.0604. The Kier molecular flexibility index (Phi) is 8.78. The topological polar surface area (TPSA) is 154 Å². The molecule has 11 nitrogen and oxygen atoms in total. The van der Waals surface area contributed by atoms with Crippen LogP contribution in [0.3, 0.4) is 0 Å². The minimum atomic E-state index is -0.604.